The molecule has 0 unspecified atom stereocenters. The number of carbonyl (C=O) groups excluding carboxylic acids is 1. The van der Waals surface area contributed by atoms with Gasteiger partial charge in [0.2, 0.25) is 5.88 Å². The third kappa shape index (κ3) is 3.88. The first-order valence-electron chi connectivity index (χ1n) is 9.56. The predicted octanol–water partition coefficient (Wildman–Crippen LogP) is 2.67. The van der Waals surface area contributed by atoms with Gasteiger partial charge in [-0.05, 0) is 42.7 Å². The van der Waals surface area contributed by atoms with Crippen molar-refractivity contribution < 1.29 is 14.6 Å². The molecule has 30 heavy (non-hydrogen) atoms. The van der Waals surface area contributed by atoms with Crippen LogP contribution in [0.4, 0.5) is 0 Å². The molecular formula is C22H21N5O3. The fourth-order valence-electron chi connectivity index (χ4n) is 3.31. The first-order valence-corrected chi connectivity index (χ1v) is 9.56. The van der Waals surface area contributed by atoms with Crippen LogP contribution in [0.3, 0.4) is 0 Å². The molecule has 0 saturated heterocycles. The summed E-state index contributed by atoms with van der Waals surface area (Å²) in [5.74, 6) is 0.126. The Balaban J connectivity index is 1.47. The van der Waals surface area contributed by atoms with Gasteiger partial charge in [0, 0.05) is 25.3 Å². The summed E-state index contributed by atoms with van der Waals surface area (Å²) in [5, 5.41) is 26.6. The van der Waals surface area contributed by atoms with Crippen LogP contribution in [0.15, 0.2) is 48.8 Å². The van der Waals surface area contributed by atoms with Gasteiger partial charge in [-0.1, -0.05) is 12.1 Å². The van der Waals surface area contributed by atoms with Gasteiger partial charge in [0.25, 0.3) is 5.91 Å². The molecule has 0 atom stereocenters. The molecule has 8 nitrogen and oxygen atoms in total. The van der Waals surface area contributed by atoms with E-state index in [1.807, 2.05) is 0 Å². The molecule has 1 saturated carbocycles. The molecule has 2 heterocycles. The molecule has 1 aliphatic rings. The van der Waals surface area contributed by atoms with Gasteiger partial charge in [-0.3, -0.25) is 4.79 Å². The summed E-state index contributed by atoms with van der Waals surface area (Å²) in [6, 6.07) is 12.2. The number of rotatable bonds is 7. The quantitative estimate of drug-likeness (QED) is 0.627. The zero-order valence-electron chi connectivity index (χ0n) is 16.5. The number of benzene rings is 1. The van der Waals surface area contributed by atoms with E-state index in [1.54, 1.807) is 43.5 Å². The molecule has 0 radical (unpaired) electrons. The van der Waals surface area contributed by atoms with E-state index in [9.17, 15) is 9.90 Å². The second-order valence-electron chi connectivity index (χ2n) is 7.50. The Kier molecular flexibility index (Phi) is 5.21. The molecule has 2 N–H and O–H groups in total. The highest BCUT2D eigenvalue weighted by Gasteiger charge is 2.42. The van der Waals surface area contributed by atoms with E-state index in [1.165, 1.54) is 17.1 Å². The number of carbonyl (C=O) groups is 1. The molecule has 4 rings (SSSR count). The Morgan fingerprint density at radius 3 is 2.63 bits per heavy atom. The van der Waals surface area contributed by atoms with E-state index in [0.717, 1.165) is 18.4 Å². The average Bonchev–Trinajstić information content (AvgIpc) is 3.44. The number of hydrogen-bond acceptors (Lipinski definition) is 6. The van der Waals surface area contributed by atoms with Gasteiger partial charge in [0.15, 0.2) is 5.82 Å². The number of nitriles is 1. The van der Waals surface area contributed by atoms with Crippen LogP contribution in [0.2, 0.25) is 0 Å². The minimum Gasteiger partial charge on any atom is -0.493 e. The Bertz CT molecular complexity index is 1090. The lowest BCUT2D eigenvalue weighted by atomic mass is 10.1. The van der Waals surface area contributed by atoms with Crippen molar-refractivity contribution in [2.75, 3.05) is 20.3 Å². The van der Waals surface area contributed by atoms with Crippen molar-refractivity contribution in [3.8, 4) is 28.9 Å². The number of nitrogens with one attached hydrogen (secondary N) is 1. The number of methoxy groups -OCH3 is 1. The molecule has 8 heteroatoms. The van der Waals surface area contributed by atoms with E-state index in [2.05, 4.69) is 21.5 Å². The maximum absolute atomic E-state index is 12.4. The second-order valence-corrected chi connectivity index (χ2v) is 7.50. The van der Waals surface area contributed by atoms with Crippen molar-refractivity contribution in [3.05, 3.63) is 59.9 Å². The van der Waals surface area contributed by atoms with Crippen molar-refractivity contribution in [3.63, 3.8) is 0 Å². The van der Waals surface area contributed by atoms with Crippen LogP contribution in [-0.2, 0) is 4.74 Å². The largest absolute Gasteiger partial charge is 0.493 e. The summed E-state index contributed by atoms with van der Waals surface area (Å²) in [6.45, 7) is 1.22. The number of amides is 1. The van der Waals surface area contributed by atoms with E-state index >= 15 is 0 Å². The number of aromatic nitrogens is 3. The summed E-state index contributed by atoms with van der Waals surface area (Å²) in [7, 11) is 1.67. The van der Waals surface area contributed by atoms with Crippen LogP contribution in [0.1, 0.15) is 28.8 Å². The van der Waals surface area contributed by atoms with Crippen LogP contribution in [0.25, 0.3) is 16.9 Å². The van der Waals surface area contributed by atoms with Crippen molar-refractivity contribution in [1.82, 2.24) is 20.1 Å². The van der Waals surface area contributed by atoms with Gasteiger partial charge in [-0.15, -0.1) is 0 Å². The molecule has 1 aliphatic carbocycles. The number of pyridine rings is 1. The summed E-state index contributed by atoms with van der Waals surface area (Å²) >= 11 is 0. The molecule has 0 bridgehead atoms. The Hall–Kier alpha value is -3.70. The van der Waals surface area contributed by atoms with Gasteiger partial charge in [0.1, 0.15) is 0 Å². The number of aromatic hydroxyl groups is 1. The SMILES string of the molecule is COCC1(CNC(=O)c2ccc(-n3ncc(-c4ccc(C#N)cc4)c3O)nc2)CC1. The molecule has 1 aromatic carbocycles. The minimum absolute atomic E-state index is 0.0698. The van der Waals surface area contributed by atoms with Crippen molar-refractivity contribution in [2.45, 2.75) is 12.8 Å². The van der Waals surface area contributed by atoms with Gasteiger partial charge in [-0.2, -0.15) is 15.0 Å². The summed E-state index contributed by atoms with van der Waals surface area (Å²) in [6.07, 6.45) is 5.10. The number of hydrogen-bond donors (Lipinski definition) is 2. The fourth-order valence-corrected chi connectivity index (χ4v) is 3.31. The number of nitrogens with zero attached hydrogens (tertiary/aromatic N) is 4. The predicted molar refractivity (Wildman–Crippen MR) is 109 cm³/mol. The summed E-state index contributed by atoms with van der Waals surface area (Å²) in [5.41, 5.74) is 2.30. The van der Waals surface area contributed by atoms with Gasteiger partial charge in [-0.25, -0.2) is 4.98 Å². The van der Waals surface area contributed by atoms with E-state index in [4.69, 9.17) is 10.00 Å². The molecule has 0 aliphatic heterocycles. The number of ether oxygens (including phenoxy) is 1. The van der Waals surface area contributed by atoms with Crippen LogP contribution >= 0.6 is 0 Å². The minimum atomic E-state index is -0.195. The third-order valence-electron chi connectivity index (χ3n) is 5.33. The molecule has 152 valence electrons. The molecular weight excluding hydrogens is 382 g/mol. The lowest BCUT2D eigenvalue weighted by molar-refractivity contribution is 0.0919. The van der Waals surface area contributed by atoms with Gasteiger partial charge >= 0.3 is 0 Å². The van der Waals surface area contributed by atoms with Crippen molar-refractivity contribution >= 4 is 5.91 Å². The maximum Gasteiger partial charge on any atom is 0.252 e. The summed E-state index contributed by atoms with van der Waals surface area (Å²) in [4.78, 5) is 16.7. The van der Waals surface area contributed by atoms with Gasteiger partial charge < -0.3 is 15.2 Å². The van der Waals surface area contributed by atoms with Crippen molar-refractivity contribution in [1.29, 1.82) is 5.26 Å². The first-order chi connectivity index (χ1) is 14.5. The molecule has 1 amide bonds. The van der Waals surface area contributed by atoms with Crippen LogP contribution < -0.4 is 5.32 Å². The summed E-state index contributed by atoms with van der Waals surface area (Å²) < 4.78 is 6.52. The lowest BCUT2D eigenvalue weighted by Crippen LogP contribution is -2.32. The molecule has 2 aromatic heterocycles. The topological polar surface area (TPSA) is 113 Å². The van der Waals surface area contributed by atoms with Crippen LogP contribution in [-0.4, -0.2) is 46.0 Å². The zero-order chi connectivity index (χ0) is 21.1. The van der Waals surface area contributed by atoms with Crippen LogP contribution in [0, 0.1) is 16.7 Å². The highest BCUT2D eigenvalue weighted by Crippen LogP contribution is 2.45. The van der Waals surface area contributed by atoms with E-state index in [0.29, 0.717) is 35.7 Å². The van der Waals surface area contributed by atoms with E-state index < -0.39 is 0 Å². The average molecular weight is 403 g/mol. The third-order valence-corrected chi connectivity index (χ3v) is 5.33. The van der Waals surface area contributed by atoms with E-state index in [-0.39, 0.29) is 17.2 Å². The zero-order valence-corrected chi connectivity index (χ0v) is 16.5. The molecule has 0 spiro atoms. The normalized spacial score (nSPS) is 14.1. The van der Waals surface area contributed by atoms with Crippen molar-refractivity contribution in [2.24, 2.45) is 5.41 Å². The smallest absolute Gasteiger partial charge is 0.252 e. The Morgan fingerprint density at radius 2 is 2.03 bits per heavy atom. The fraction of sp³-hybridized carbons (Fsp3) is 0.273. The lowest BCUT2D eigenvalue weighted by Gasteiger charge is -2.14. The molecule has 3 aromatic rings. The van der Waals surface area contributed by atoms with Crippen LogP contribution in [0.5, 0.6) is 5.88 Å². The molecule has 1 fully saturated rings. The maximum atomic E-state index is 12.4. The monoisotopic (exact) mass is 403 g/mol. The second kappa shape index (κ2) is 7.97. The first kappa shape index (κ1) is 19.6. The highest BCUT2D eigenvalue weighted by atomic mass is 16.5. The standard InChI is InChI=1S/C22H21N5O3/c1-30-14-22(8-9-22)13-25-20(28)17-6-7-19(24-11-17)27-21(29)18(12-26-27)16-4-2-15(10-23)3-5-16/h2-7,11-12,29H,8-9,13-14H2,1H3,(H,25,28). The van der Waals surface area contributed by atoms with Gasteiger partial charge in [0.05, 0.1) is 35.6 Å². The Morgan fingerprint density at radius 1 is 1.27 bits per heavy atom. The Labute approximate surface area is 173 Å². The highest BCUT2D eigenvalue weighted by molar-refractivity contribution is 5.94.